The van der Waals surface area contributed by atoms with Crippen molar-refractivity contribution in [3.63, 3.8) is 0 Å². The van der Waals surface area contributed by atoms with Gasteiger partial charge < -0.3 is 10.1 Å². The van der Waals surface area contributed by atoms with Gasteiger partial charge in [-0.05, 0) is 42.5 Å². The minimum atomic E-state index is -4.50. The van der Waals surface area contributed by atoms with Gasteiger partial charge in [0, 0.05) is 30.2 Å². The van der Waals surface area contributed by atoms with Gasteiger partial charge in [0.05, 0.1) is 34.9 Å². The Morgan fingerprint density at radius 1 is 1.03 bits per heavy atom. The molecule has 0 saturated carbocycles. The normalized spacial score (nSPS) is 15.6. The first kappa shape index (κ1) is 22.2. The maximum atomic E-state index is 12.9. The summed E-state index contributed by atoms with van der Waals surface area (Å²) in [5, 5.41) is 2.99. The molecule has 0 radical (unpaired) electrons. The van der Waals surface area contributed by atoms with E-state index in [2.05, 4.69) is 10.3 Å². The number of carbonyl (C=O) groups excluding carboxylic acids is 1. The Bertz CT molecular complexity index is 1260. The van der Waals surface area contributed by atoms with Gasteiger partial charge in [0.25, 0.3) is 5.91 Å². The average molecular weight is 465 g/mol. The van der Waals surface area contributed by atoms with E-state index in [1.54, 1.807) is 0 Å². The summed E-state index contributed by atoms with van der Waals surface area (Å²) in [7, 11) is -3.69. The maximum absolute atomic E-state index is 12.9. The van der Waals surface area contributed by atoms with E-state index in [0.717, 1.165) is 12.1 Å². The molecular formula is C21H18F3N3O4S. The van der Waals surface area contributed by atoms with Crippen molar-refractivity contribution in [1.29, 1.82) is 0 Å². The number of amides is 1. The minimum Gasteiger partial charge on any atom is -0.379 e. The Morgan fingerprint density at radius 3 is 2.38 bits per heavy atom. The van der Waals surface area contributed by atoms with Crippen LogP contribution in [0.4, 0.5) is 18.9 Å². The van der Waals surface area contributed by atoms with Crippen LogP contribution in [-0.4, -0.2) is 49.9 Å². The molecule has 1 aliphatic heterocycles. The van der Waals surface area contributed by atoms with Crippen molar-refractivity contribution in [3.05, 3.63) is 65.9 Å². The molecule has 2 aromatic carbocycles. The van der Waals surface area contributed by atoms with Crippen LogP contribution in [0.15, 0.2) is 59.6 Å². The van der Waals surface area contributed by atoms with Gasteiger partial charge in [-0.1, -0.05) is 6.07 Å². The highest BCUT2D eigenvalue weighted by atomic mass is 32.2. The molecule has 0 unspecified atom stereocenters. The van der Waals surface area contributed by atoms with Crippen LogP contribution < -0.4 is 5.32 Å². The van der Waals surface area contributed by atoms with Crippen LogP contribution >= 0.6 is 0 Å². The molecule has 0 bridgehead atoms. The predicted molar refractivity (Wildman–Crippen MR) is 111 cm³/mol. The summed E-state index contributed by atoms with van der Waals surface area (Å²) in [6, 6.07) is 10.0. The van der Waals surface area contributed by atoms with E-state index in [0.29, 0.717) is 24.3 Å². The molecule has 0 spiro atoms. The summed E-state index contributed by atoms with van der Waals surface area (Å²) < 4.78 is 70.7. The van der Waals surface area contributed by atoms with E-state index in [1.165, 1.54) is 46.9 Å². The van der Waals surface area contributed by atoms with Crippen LogP contribution in [0, 0.1) is 0 Å². The second-order valence-electron chi connectivity index (χ2n) is 7.08. The van der Waals surface area contributed by atoms with Crippen LogP contribution in [0.25, 0.3) is 10.9 Å². The minimum absolute atomic E-state index is 0.0602. The number of carbonyl (C=O) groups is 1. The number of nitrogens with one attached hydrogen (secondary N) is 1. The third kappa shape index (κ3) is 4.45. The highest BCUT2D eigenvalue weighted by Crippen LogP contribution is 2.32. The Kier molecular flexibility index (Phi) is 5.89. The summed E-state index contributed by atoms with van der Waals surface area (Å²) in [5.41, 5.74) is -0.260. The van der Waals surface area contributed by atoms with E-state index in [-0.39, 0.29) is 29.1 Å². The summed E-state index contributed by atoms with van der Waals surface area (Å²) in [5.74, 6) is -0.535. The molecule has 1 amide bonds. The first-order valence-corrected chi connectivity index (χ1v) is 11.1. The van der Waals surface area contributed by atoms with Crippen LogP contribution in [0.3, 0.4) is 0 Å². The molecule has 168 valence electrons. The van der Waals surface area contributed by atoms with Crippen molar-refractivity contribution in [2.24, 2.45) is 0 Å². The van der Waals surface area contributed by atoms with Crippen LogP contribution in [0.5, 0.6) is 0 Å². The lowest BCUT2D eigenvalue weighted by molar-refractivity contribution is -0.137. The Hall–Kier alpha value is -3.02. The number of hydrogen-bond acceptors (Lipinski definition) is 5. The van der Waals surface area contributed by atoms with Crippen molar-refractivity contribution < 1.29 is 31.1 Å². The predicted octanol–water partition coefficient (Wildman–Crippen LogP) is 3.53. The number of fused-ring (bicyclic) bond motifs is 1. The molecule has 1 fully saturated rings. The topological polar surface area (TPSA) is 88.6 Å². The van der Waals surface area contributed by atoms with Crippen molar-refractivity contribution in [1.82, 2.24) is 9.29 Å². The molecule has 1 aliphatic rings. The SMILES string of the molecule is O=C(Nc1ccnc2cc(C(F)(F)F)ccc12)c1ccc(S(=O)(=O)N2CCOCC2)cc1. The Balaban J connectivity index is 1.55. The number of nitrogens with zero attached hydrogens (tertiary/aromatic N) is 2. The third-order valence-electron chi connectivity index (χ3n) is 5.04. The maximum Gasteiger partial charge on any atom is 0.416 e. The molecule has 3 aromatic rings. The number of morpholine rings is 1. The lowest BCUT2D eigenvalue weighted by Gasteiger charge is -2.26. The van der Waals surface area contributed by atoms with E-state index < -0.39 is 27.7 Å². The molecule has 1 N–H and O–H groups in total. The van der Waals surface area contributed by atoms with Gasteiger partial charge in [-0.3, -0.25) is 9.78 Å². The van der Waals surface area contributed by atoms with E-state index in [9.17, 15) is 26.4 Å². The highest BCUT2D eigenvalue weighted by molar-refractivity contribution is 7.89. The number of sulfonamides is 1. The second kappa shape index (κ2) is 8.49. The van der Waals surface area contributed by atoms with Gasteiger partial charge in [-0.15, -0.1) is 0 Å². The molecule has 0 aliphatic carbocycles. The largest absolute Gasteiger partial charge is 0.416 e. The monoisotopic (exact) mass is 465 g/mol. The average Bonchev–Trinajstić information content (AvgIpc) is 2.79. The fraction of sp³-hybridized carbons (Fsp3) is 0.238. The molecule has 11 heteroatoms. The van der Waals surface area contributed by atoms with E-state index >= 15 is 0 Å². The van der Waals surface area contributed by atoms with E-state index in [4.69, 9.17) is 4.74 Å². The third-order valence-corrected chi connectivity index (χ3v) is 6.96. The van der Waals surface area contributed by atoms with Gasteiger partial charge in [0.15, 0.2) is 0 Å². The van der Waals surface area contributed by atoms with Crippen LogP contribution in [-0.2, 0) is 20.9 Å². The molecule has 1 aromatic heterocycles. The molecule has 4 rings (SSSR count). The second-order valence-corrected chi connectivity index (χ2v) is 9.02. The van der Waals surface area contributed by atoms with Gasteiger partial charge in [0.2, 0.25) is 10.0 Å². The lowest BCUT2D eigenvalue weighted by atomic mass is 10.1. The zero-order valence-electron chi connectivity index (χ0n) is 16.6. The van der Waals surface area contributed by atoms with Crippen LogP contribution in [0.2, 0.25) is 0 Å². The number of pyridine rings is 1. The molecule has 7 nitrogen and oxygen atoms in total. The first-order valence-electron chi connectivity index (χ1n) is 9.61. The highest BCUT2D eigenvalue weighted by Gasteiger charge is 2.31. The molecule has 32 heavy (non-hydrogen) atoms. The summed E-state index contributed by atoms with van der Waals surface area (Å²) in [6.07, 6.45) is -3.20. The molecule has 0 atom stereocenters. The number of hydrogen-bond donors (Lipinski definition) is 1. The Morgan fingerprint density at radius 2 is 1.72 bits per heavy atom. The fourth-order valence-electron chi connectivity index (χ4n) is 3.34. The van der Waals surface area contributed by atoms with E-state index in [1.807, 2.05) is 0 Å². The molecule has 1 saturated heterocycles. The summed E-state index contributed by atoms with van der Waals surface area (Å²) in [4.78, 5) is 16.7. The number of rotatable bonds is 4. The number of ether oxygens (including phenoxy) is 1. The van der Waals surface area contributed by atoms with Crippen molar-refractivity contribution in [2.45, 2.75) is 11.1 Å². The van der Waals surface area contributed by atoms with Gasteiger partial charge in [-0.25, -0.2) is 8.42 Å². The first-order chi connectivity index (χ1) is 15.2. The number of halogens is 3. The number of benzene rings is 2. The number of anilines is 1. The summed E-state index contributed by atoms with van der Waals surface area (Å²) in [6.45, 7) is 1.17. The number of alkyl halides is 3. The van der Waals surface area contributed by atoms with Gasteiger partial charge >= 0.3 is 6.18 Å². The molecule has 2 heterocycles. The lowest BCUT2D eigenvalue weighted by Crippen LogP contribution is -2.40. The number of aromatic nitrogens is 1. The summed E-state index contributed by atoms with van der Waals surface area (Å²) >= 11 is 0. The van der Waals surface area contributed by atoms with Gasteiger partial charge in [-0.2, -0.15) is 17.5 Å². The Labute approximate surface area is 181 Å². The van der Waals surface area contributed by atoms with Crippen molar-refractivity contribution >= 4 is 32.5 Å². The zero-order valence-corrected chi connectivity index (χ0v) is 17.4. The standard InChI is InChI=1S/C21H18F3N3O4S/c22-21(23,24)15-3-6-17-18(7-8-25-19(17)13-15)26-20(28)14-1-4-16(5-2-14)32(29,30)27-9-11-31-12-10-27/h1-8,13H,9-12H2,(H,25,26,28). The van der Waals surface area contributed by atoms with Crippen molar-refractivity contribution in [3.8, 4) is 0 Å². The molecular weight excluding hydrogens is 447 g/mol. The fourth-order valence-corrected chi connectivity index (χ4v) is 4.75. The smallest absolute Gasteiger partial charge is 0.379 e. The van der Waals surface area contributed by atoms with Crippen molar-refractivity contribution in [2.75, 3.05) is 31.6 Å². The van der Waals surface area contributed by atoms with Crippen LogP contribution in [0.1, 0.15) is 15.9 Å². The quantitative estimate of drug-likeness (QED) is 0.637. The van der Waals surface area contributed by atoms with Gasteiger partial charge in [0.1, 0.15) is 0 Å². The zero-order chi connectivity index (χ0) is 22.9.